The molecule has 20 heavy (non-hydrogen) atoms. The van der Waals surface area contributed by atoms with Crippen LogP contribution in [-0.4, -0.2) is 33.0 Å². The summed E-state index contributed by atoms with van der Waals surface area (Å²) in [6.45, 7) is 0.354. The van der Waals surface area contributed by atoms with E-state index in [2.05, 4.69) is 15.2 Å². The van der Waals surface area contributed by atoms with Gasteiger partial charge in [-0.2, -0.15) is 5.10 Å². The van der Waals surface area contributed by atoms with Gasteiger partial charge in [0.25, 0.3) is 0 Å². The lowest BCUT2D eigenvalue weighted by Crippen LogP contribution is -2.24. The quantitative estimate of drug-likeness (QED) is 0.883. The number of aromatic nitrogens is 3. The number of carbonyl (C=O) groups excluding carboxylic acids is 1. The number of carbonyl (C=O) groups is 1. The zero-order valence-corrected chi connectivity index (χ0v) is 12.2. The van der Waals surface area contributed by atoms with E-state index in [-0.39, 0.29) is 5.91 Å². The van der Waals surface area contributed by atoms with Gasteiger partial charge in [0.2, 0.25) is 5.91 Å². The second kappa shape index (κ2) is 6.54. The van der Waals surface area contributed by atoms with Gasteiger partial charge in [-0.25, -0.2) is 4.98 Å². The van der Waals surface area contributed by atoms with E-state index in [1.165, 1.54) is 17.3 Å². The van der Waals surface area contributed by atoms with Crippen LogP contribution in [0.5, 0.6) is 0 Å². The molecular formula is C13H12Cl2N4O. The molecule has 1 amide bonds. The first-order valence-electron chi connectivity index (χ1n) is 5.79. The molecule has 0 aliphatic rings. The van der Waals surface area contributed by atoms with Crippen molar-refractivity contribution in [2.75, 3.05) is 7.05 Å². The minimum absolute atomic E-state index is 0.169. The topological polar surface area (TPSA) is 61.9 Å². The summed E-state index contributed by atoms with van der Waals surface area (Å²) in [7, 11) is 1.68. The van der Waals surface area contributed by atoms with Crippen molar-refractivity contribution < 1.29 is 4.79 Å². The number of hydrogen-bond acceptors (Lipinski definition) is 3. The van der Waals surface area contributed by atoms with Crippen molar-refractivity contribution in [2.45, 2.75) is 6.54 Å². The molecule has 0 saturated heterocycles. The van der Waals surface area contributed by atoms with Crippen molar-refractivity contribution in [3.63, 3.8) is 0 Å². The fraction of sp³-hybridized carbons (Fsp3) is 0.154. The molecule has 0 unspecified atom stereocenters. The van der Waals surface area contributed by atoms with Crippen molar-refractivity contribution in [3.05, 3.63) is 52.0 Å². The first kappa shape index (κ1) is 14.6. The Labute approximate surface area is 126 Å². The van der Waals surface area contributed by atoms with E-state index in [0.29, 0.717) is 28.0 Å². The molecule has 0 aliphatic carbocycles. The number of likely N-dealkylation sites (N-methyl/N-ethyl adjacent to an activating group) is 1. The third-order valence-corrected chi connectivity index (χ3v) is 3.17. The zero-order chi connectivity index (χ0) is 14.5. The molecule has 0 aliphatic heterocycles. The number of nitrogens with one attached hydrogen (secondary N) is 1. The number of amides is 1. The Balaban J connectivity index is 2.03. The van der Waals surface area contributed by atoms with E-state index < -0.39 is 0 Å². The van der Waals surface area contributed by atoms with Crippen molar-refractivity contribution in [1.82, 2.24) is 20.1 Å². The van der Waals surface area contributed by atoms with E-state index in [0.717, 1.165) is 0 Å². The standard InChI is InChI=1S/C13H12Cl2N4O/c1-19(7-12-16-8-17-18-12)13(20)5-2-9-6-10(14)3-4-11(9)15/h2-6,8H,7H2,1H3,(H,16,17,18). The third-order valence-electron chi connectivity index (χ3n) is 2.59. The number of benzene rings is 1. The molecule has 104 valence electrons. The molecule has 0 fully saturated rings. The Hall–Kier alpha value is -1.85. The summed E-state index contributed by atoms with van der Waals surface area (Å²) < 4.78 is 0. The molecule has 2 rings (SSSR count). The fourth-order valence-corrected chi connectivity index (χ4v) is 1.90. The Morgan fingerprint density at radius 3 is 2.95 bits per heavy atom. The molecule has 1 aromatic heterocycles. The molecular weight excluding hydrogens is 299 g/mol. The van der Waals surface area contributed by atoms with E-state index in [4.69, 9.17) is 23.2 Å². The summed E-state index contributed by atoms with van der Waals surface area (Å²) >= 11 is 11.9. The van der Waals surface area contributed by atoms with E-state index >= 15 is 0 Å². The van der Waals surface area contributed by atoms with Crippen LogP contribution in [0, 0.1) is 0 Å². The van der Waals surface area contributed by atoms with Crippen molar-refractivity contribution in [3.8, 4) is 0 Å². The molecule has 1 heterocycles. The molecule has 0 radical (unpaired) electrons. The number of halogens is 2. The van der Waals surface area contributed by atoms with Crippen molar-refractivity contribution in [2.24, 2.45) is 0 Å². The van der Waals surface area contributed by atoms with Gasteiger partial charge in [-0.1, -0.05) is 23.2 Å². The zero-order valence-electron chi connectivity index (χ0n) is 10.7. The predicted molar refractivity (Wildman–Crippen MR) is 78.4 cm³/mol. The Morgan fingerprint density at radius 2 is 2.25 bits per heavy atom. The summed E-state index contributed by atoms with van der Waals surface area (Å²) in [5, 5.41) is 7.53. The lowest BCUT2D eigenvalue weighted by atomic mass is 10.2. The highest BCUT2D eigenvalue weighted by molar-refractivity contribution is 6.34. The summed E-state index contributed by atoms with van der Waals surface area (Å²) in [6, 6.07) is 5.08. The monoisotopic (exact) mass is 310 g/mol. The Morgan fingerprint density at radius 1 is 1.45 bits per heavy atom. The maximum atomic E-state index is 11.9. The number of H-pyrrole nitrogens is 1. The minimum Gasteiger partial charge on any atom is -0.335 e. The van der Waals surface area contributed by atoms with Gasteiger partial charge in [-0.15, -0.1) is 0 Å². The molecule has 2 aromatic rings. The fourth-order valence-electron chi connectivity index (χ4n) is 1.54. The van der Waals surface area contributed by atoms with Gasteiger partial charge in [0.05, 0.1) is 6.54 Å². The molecule has 0 atom stereocenters. The van der Waals surface area contributed by atoms with Crippen molar-refractivity contribution >= 4 is 35.2 Å². The van der Waals surface area contributed by atoms with Crippen molar-refractivity contribution in [1.29, 1.82) is 0 Å². The van der Waals surface area contributed by atoms with Gasteiger partial charge < -0.3 is 4.90 Å². The molecule has 1 aromatic carbocycles. The van der Waals surface area contributed by atoms with Crippen LogP contribution in [0.1, 0.15) is 11.4 Å². The van der Waals surface area contributed by atoms with Crippen LogP contribution in [0.25, 0.3) is 6.08 Å². The van der Waals surface area contributed by atoms with Gasteiger partial charge >= 0.3 is 0 Å². The van der Waals surface area contributed by atoms with Crippen LogP contribution < -0.4 is 0 Å². The second-order valence-corrected chi connectivity index (χ2v) is 4.97. The van der Waals surface area contributed by atoms with Gasteiger partial charge in [-0.05, 0) is 29.8 Å². The summed E-state index contributed by atoms with van der Waals surface area (Å²) in [6.07, 6.45) is 4.47. The highest BCUT2D eigenvalue weighted by atomic mass is 35.5. The maximum Gasteiger partial charge on any atom is 0.246 e. The van der Waals surface area contributed by atoms with E-state index in [9.17, 15) is 4.79 Å². The summed E-state index contributed by atoms with van der Waals surface area (Å²) in [5.41, 5.74) is 0.695. The van der Waals surface area contributed by atoms with Crippen LogP contribution in [0.2, 0.25) is 10.0 Å². The number of hydrogen-bond donors (Lipinski definition) is 1. The first-order chi connectivity index (χ1) is 9.56. The second-order valence-electron chi connectivity index (χ2n) is 4.13. The minimum atomic E-state index is -0.169. The van der Waals surface area contributed by atoms with Crippen LogP contribution in [-0.2, 0) is 11.3 Å². The van der Waals surface area contributed by atoms with E-state index in [1.807, 2.05) is 0 Å². The Bertz CT molecular complexity index is 625. The lowest BCUT2D eigenvalue weighted by molar-refractivity contribution is -0.125. The number of aromatic amines is 1. The highest BCUT2D eigenvalue weighted by Crippen LogP contribution is 2.21. The van der Waals surface area contributed by atoms with Crippen LogP contribution in [0.4, 0.5) is 0 Å². The smallest absolute Gasteiger partial charge is 0.246 e. The normalized spacial score (nSPS) is 10.9. The molecule has 0 spiro atoms. The summed E-state index contributed by atoms with van der Waals surface area (Å²) in [4.78, 5) is 17.4. The first-order valence-corrected chi connectivity index (χ1v) is 6.54. The SMILES string of the molecule is CN(Cc1ncn[nH]1)C(=O)C=Cc1cc(Cl)ccc1Cl. The largest absolute Gasteiger partial charge is 0.335 e. The maximum absolute atomic E-state index is 11.9. The summed E-state index contributed by atoms with van der Waals surface area (Å²) in [5.74, 6) is 0.451. The average Bonchev–Trinajstić information content (AvgIpc) is 2.92. The molecule has 1 N–H and O–H groups in total. The highest BCUT2D eigenvalue weighted by Gasteiger charge is 2.07. The third kappa shape index (κ3) is 3.82. The number of nitrogens with zero attached hydrogens (tertiary/aromatic N) is 3. The lowest BCUT2D eigenvalue weighted by Gasteiger charge is -2.12. The van der Waals surface area contributed by atoms with Gasteiger partial charge in [0.1, 0.15) is 12.2 Å². The van der Waals surface area contributed by atoms with Gasteiger partial charge in [-0.3, -0.25) is 9.89 Å². The predicted octanol–water partition coefficient (Wildman–Crippen LogP) is 2.78. The van der Waals surface area contributed by atoms with Gasteiger partial charge in [0.15, 0.2) is 0 Å². The van der Waals surface area contributed by atoms with Crippen LogP contribution >= 0.6 is 23.2 Å². The molecule has 0 saturated carbocycles. The number of rotatable bonds is 4. The van der Waals surface area contributed by atoms with Gasteiger partial charge in [0, 0.05) is 23.2 Å². The average molecular weight is 311 g/mol. The van der Waals surface area contributed by atoms with E-state index in [1.54, 1.807) is 31.3 Å². The molecule has 0 bridgehead atoms. The van der Waals surface area contributed by atoms with Crippen LogP contribution in [0.3, 0.4) is 0 Å². The van der Waals surface area contributed by atoms with Crippen LogP contribution in [0.15, 0.2) is 30.6 Å². The molecule has 7 heteroatoms. The Kier molecular flexibility index (Phi) is 4.76. The molecule has 5 nitrogen and oxygen atoms in total.